The molecule has 2 N–H and O–H groups in total. The molecule has 1 heterocycles. The SMILES string of the molecule is CS(=O)(=O)[C](N)C1CCCCN1CCc1ccc(F)cc1. The first-order valence-corrected chi connectivity index (χ1v) is 9.08. The van der Waals surface area contributed by atoms with Crippen LogP contribution in [0.1, 0.15) is 24.8 Å². The summed E-state index contributed by atoms with van der Waals surface area (Å²) in [6, 6.07) is 6.21. The summed E-state index contributed by atoms with van der Waals surface area (Å²) in [5.41, 5.74) is 6.88. The van der Waals surface area contributed by atoms with Crippen LogP contribution in [0.2, 0.25) is 0 Å². The molecule has 1 aromatic carbocycles. The van der Waals surface area contributed by atoms with Gasteiger partial charge in [-0.15, -0.1) is 0 Å². The quantitative estimate of drug-likeness (QED) is 0.899. The number of nitrogens with zero attached hydrogens (tertiary/aromatic N) is 1. The van der Waals surface area contributed by atoms with Crippen LogP contribution in [0.4, 0.5) is 4.39 Å². The van der Waals surface area contributed by atoms with E-state index in [2.05, 4.69) is 4.90 Å². The molecule has 1 saturated heterocycles. The van der Waals surface area contributed by atoms with Crippen molar-refractivity contribution < 1.29 is 12.8 Å². The highest BCUT2D eigenvalue weighted by molar-refractivity contribution is 7.93. The molecule has 1 fully saturated rings. The van der Waals surface area contributed by atoms with Gasteiger partial charge in [-0.2, -0.15) is 0 Å². The van der Waals surface area contributed by atoms with Gasteiger partial charge in [0.25, 0.3) is 0 Å². The van der Waals surface area contributed by atoms with Crippen LogP contribution in [0.3, 0.4) is 0 Å². The molecule has 1 aliphatic heterocycles. The van der Waals surface area contributed by atoms with E-state index in [1.54, 1.807) is 12.1 Å². The Balaban J connectivity index is 2.00. The van der Waals surface area contributed by atoms with Crippen LogP contribution in [0.15, 0.2) is 24.3 Å². The first-order chi connectivity index (χ1) is 9.88. The highest BCUT2D eigenvalue weighted by Crippen LogP contribution is 2.25. The van der Waals surface area contributed by atoms with Crippen LogP contribution in [0.25, 0.3) is 0 Å². The summed E-state index contributed by atoms with van der Waals surface area (Å²) in [5.74, 6) is -0.246. The Labute approximate surface area is 126 Å². The largest absolute Gasteiger partial charge is 0.309 e. The molecule has 2 rings (SSSR count). The molecule has 117 valence electrons. The summed E-state index contributed by atoms with van der Waals surface area (Å²) in [7, 11) is -3.32. The lowest BCUT2D eigenvalue weighted by Crippen LogP contribution is -2.49. The average Bonchev–Trinajstić information content (AvgIpc) is 2.45. The summed E-state index contributed by atoms with van der Waals surface area (Å²) in [5, 5.41) is 0.0707. The number of rotatable bonds is 5. The monoisotopic (exact) mass is 313 g/mol. The standard InChI is InChI=1S/C15H22FN2O2S/c1-21(19,20)15(17)14-4-2-3-10-18(14)11-9-12-5-7-13(16)8-6-12/h5-8,14H,2-4,9-11,17H2,1H3. The zero-order valence-corrected chi connectivity index (χ0v) is 13.1. The van der Waals surface area contributed by atoms with Crippen molar-refractivity contribution in [2.24, 2.45) is 5.73 Å². The van der Waals surface area contributed by atoms with Crippen LogP contribution in [-0.2, 0) is 16.3 Å². The van der Waals surface area contributed by atoms with E-state index in [4.69, 9.17) is 5.73 Å². The Hall–Kier alpha value is -0.980. The van der Waals surface area contributed by atoms with Crippen molar-refractivity contribution in [1.82, 2.24) is 4.90 Å². The Morgan fingerprint density at radius 1 is 1.33 bits per heavy atom. The fraction of sp³-hybridized carbons (Fsp3) is 0.533. The molecule has 0 aromatic heterocycles. The lowest BCUT2D eigenvalue weighted by Gasteiger charge is -2.37. The van der Waals surface area contributed by atoms with Crippen LogP contribution >= 0.6 is 0 Å². The number of nitrogens with two attached hydrogens (primary N) is 1. The Kier molecular flexibility index (Phi) is 5.35. The fourth-order valence-corrected chi connectivity index (χ4v) is 3.51. The molecule has 1 unspecified atom stereocenters. The third-order valence-corrected chi connectivity index (χ3v) is 5.10. The minimum Gasteiger partial charge on any atom is -0.309 e. The zero-order valence-electron chi connectivity index (χ0n) is 12.3. The third-order valence-electron chi connectivity index (χ3n) is 3.97. The van der Waals surface area contributed by atoms with Crippen LogP contribution < -0.4 is 5.73 Å². The van der Waals surface area contributed by atoms with Gasteiger partial charge in [0.1, 0.15) is 5.82 Å². The van der Waals surface area contributed by atoms with Crippen molar-refractivity contribution in [3.05, 3.63) is 41.0 Å². The molecule has 6 heteroatoms. The molecular formula is C15H22FN2O2S. The lowest BCUT2D eigenvalue weighted by molar-refractivity contribution is 0.165. The number of likely N-dealkylation sites (tertiary alicyclic amines) is 1. The molecule has 1 aliphatic rings. The predicted octanol–water partition coefficient (Wildman–Crippen LogP) is 1.72. The normalized spacial score (nSPS) is 20.9. The van der Waals surface area contributed by atoms with Crippen molar-refractivity contribution >= 4 is 9.84 Å². The van der Waals surface area contributed by atoms with Gasteiger partial charge in [0.2, 0.25) is 0 Å². The molecule has 21 heavy (non-hydrogen) atoms. The van der Waals surface area contributed by atoms with Crippen molar-refractivity contribution in [3.63, 3.8) is 0 Å². The smallest absolute Gasteiger partial charge is 0.170 e. The average molecular weight is 313 g/mol. The number of piperidine rings is 1. The van der Waals surface area contributed by atoms with E-state index in [0.29, 0.717) is 0 Å². The van der Waals surface area contributed by atoms with Gasteiger partial charge < -0.3 is 5.73 Å². The van der Waals surface area contributed by atoms with E-state index in [0.717, 1.165) is 50.6 Å². The maximum absolute atomic E-state index is 12.9. The highest BCUT2D eigenvalue weighted by atomic mass is 32.2. The lowest BCUT2D eigenvalue weighted by atomic mass is 10.0. The maximum Gasteiger partial charge on any atom is 0.170 e. The van der Waals surface area contributed by atoms with E-state index >= 15 is 0 Å². The molecular weight excluding hydrogens is 291 g/mol. The first kappa shape index (κ1) is 16.4. The van der Waals surface area contributed by atoms with Gasteiger partial charge in [0, 0.05) is 18.8 Å². The van der Waals surface area contributed by atoms with Crippen LogP contribution in [0.5, 0.6) is 0 Å². The second kappa shape index (κ2) is 6.85. The molecule has 0 bridgehead atoms. The van der Waals surface area contributed by atoms with E-state index in [1.807, 2.05) is 0 Å². The van der Waals surface area contributed by atoms with Gasteiger partial charge in [0.05, 0.1) is 0 Å². The second-order valence-corrected chi connectivity index (χ2v) is 7.61. The van der Waals surface area contributed by atoms with E-state index in [1.165, 1.54) is 12.1 Å². The summed E-state index contributed by atoms with van der Waals surface area (Å²) >= 11 is 0. The van der Waals surface area contributed by atoms with E-state index in [9.17, 15) is 12.8 Å². The fourth-order valence-electron chi connectivity index (χ4n) is 2.75. The number of hydrogen-bond acceptors (Lipinski definition) is 4. The minimum absolute atomic E-state index is 0.0707. The maximum atomic E-state index is 12.9. The van der Waals surface area contributed by atoms with Crippen molar-refractivity contribution in [3.8, 4) is 0 Å². The summed E-state index contributed by atoms with van der Waals surface area (Å²) in [6.07, 6.45) is 4.75. The van der Waals surface area contributed by atoms with Gasteiger partial charge in [-0.1, -0.05) is 18.6 Å². The third kappa shape index (κ3) is 4.49. The van der Waals surface area contributed by atoms with Gasteiger partial charge in [-0.05, 0) is 43.5 Å². The van der Waals surface area contributed by atoms with Crippen molar-refractivity contribution in [2.45, 2.75) is 31.7 Å². The Bertz CT molecular complexity index is 560. The molecule has 1 radical (unpaired) electrons. The number of halogens is 1. The second-order valence-electron chi connectivity index (χ2n) is 5.60. The zero-order chi connectivity index (χ0) is 15.5. The number of benzene rings is 1. The van der Waals surface area contributed by atoms with Gasteiger partial charge in [0.15, 0.2) is 15.2 Å². The molecule has 1 aromatic rings. The number of hydrogen-bond donors (Lipinski definition) is 1. The van der Waals surface area contributed by atoms with Gasteiger partial charge in [-0.3, -0.25) is 4.90 Å². The van der Waals surface area contributed by atoms with Gasteiger partial charge >= 0.3 is 0 Å². The summed E-state index contributed by atoms with van der Waals surface area (Å²) < 4.78 is 36.2. The molecule has 0 spiro atoms. The van der Waals surface area contributed by atoms with E-state index < -0.39 is 9.84 Å². The molecule has 1 atom stereocenters. The number of sulfone groups is 1. The minimum atomic E-state index is -3.32. The summed E-state index contributed by atoms with van der Waals surface area (Å²) in [4.78, 5) is 2.13. The molecule has 0 saturated carbocycles. The van der Waals surface area contributed by atoms with E-state index in [-0.39, 0.29) is 17.2 Å². The van der Waals surface area contributed by atoms with Crippen molar-refractivity contribution in [1.29, 1.82) is 0 Å². The van der Waals surface area contributed by atoms with Crippen molar-refractivity contribution in [2.75, 3.05) is 19.3 Å². The van der Waals surface area contributed by atoms with Gasteiger partial charge in [-0.25, -0.2) is 12.8 Å². The summed E-state index contributed by atoms with van der Waals surface area (Å²) in [6.45, 7) is 1.58. The molecule has 0 amide bonds. The van der Waals surface area contributed by atoms with Crippen LogP contribution in [-0.4, -0.2) is 38.7 Å². The van der Waals surface area contributed by atoms with Crippen LogP contribution in [0, 0.1) is 11.2 Å². The molecule has 4 nitrogen and oxygen atoms in total. The Morgan fingerprint density at radius 2 is 2.00 bits per heavy atom. The topological polar surface area (TPSA) is 63.4 Å². The predicted molar refractivity (Wildman–Crippen MR) is 81.6 cm³/mol. The Morgan fingerprint density at radius 3 is 2.62 bits per heavy atom. The molecule has 0 aliphatic carbocycles. The first-order valence-electron chi connectivity index (χ1n) is 7.19. The highest BCUT2D eigenvalue weighted by Gasteiger charge is 2.34.